The van der Waals surface area contributed by atoms with Crippen LogP contribution in [0, 0.1) is 5.92 Å². The lowest BCUT2D eigenvalue weighted by molar-refractivity contribution is 0.0942. The highest BCUT2D eigenvalue weighted by molar-refractivity contribution is 9.10. The zero-order valence-corrected chi connectivity index (χ0v) is 11.2. The van der Waals surface area contributed by atoms with Crippen LogP contribution in [-0.4, -0.2) is 29.3 Å². The summed E-state index contributed by atoms with van der Waals surface area (Å²) in [5.41, 5.74) is 0.246. The number of hydrogen-bond acceptors (Lipinski definition) is 3. The van der Waals surface area contributed by atoms with Crippen LogP contribution in [0.4, 0.5) is 0 Å². The Bertz CT molecular complexity index is 395. The highest BCUT2D eigenvalue weighted by Crippen LogP contribution is 2.21. The topological polar surface area (TPSA) is 69.6 Å². The van der Waals surface area contributed by atoms with Crippen LogP contribution in [0.25, 0.3) is 0 Å². The highest BCUT2D eigenvalue weighted by Gasteiger charge is 2.12. The van der Waals surface area contributed by atoms with Crippen molar-refractivity contribution in [3.63, 3.8) is 0 Å². The predicted octanol–water partition coefficient (Wildman–Crippen LogP) is 1.90. The molecule has 0 aliphatic carbocycles. The van der Waals surface area contributed by atoms with E-state index in [1.54, 1.807) is 12.1 Å². The number of phenols is 1. The lowest BCUT2D eigenvalue weighted by atomic mass is 10.1. The second-order valence-electron chi connectivity index (χ2n) is 3.99. The first-order valence-electron chi connectivity index (χ1n) is 5.42. The average Bonchev–Trinajstić information content (AvgIpc) is 2.29. The normalized spacial score (nSPS) is 12.2. The summed E-state index contributed by atoms with van der Waals surface area (Å²) >= 11 is 3.25. The summed E-state index contributed by atoms with van der Waals surface area (Å²) < 4.78 is 0.740. The minimum absolute atomic E-state index is 0.0412. The fourth-order valence-electron chi connectivity index (χ4n) is 1.37. The van der Waals surface area contributed by atoms with Gasteiger partial charge >= 0.3 is 0 Å². The molecule has 5 heteroatoms. The summed E-state index contributed by atoms with van der Waals surface area (Å²) in [6, 6.07) is 4.71. The molecule has 0 saturated carbocycles. The fraction of sp³-hybridized carbons (Fsp3) is 0.417. The average molecular weight is 302 g/mol. The Morgan fingerprint density at radius 3 is 2.88 bits per heavy atom. The van der Waals surface area contributed by atoms with Gasteiger partial charge in [0.2, 0.25) is 0 Å². The van der Waals surface area contributed by atoms with Crippen molar-refractivity contribution in [2.75, 3.05) is 13.2 Å². The maximum atomic E-state index is 11.8. The van der Waals surface area contributed by atoms with Crippen molar-refractivity contribution >= 4 is 21.8 Å². The molecule has 0 heterocycles. The molecule has 0 bridgehead atoms. The molecule has 3 N–H and O–H groups in total. The number of aliphatic hydroxyl groups excluding tert-OH is 1. The van der Waals surface area contributed by atoms with E-state index in [0.29, 0.717) is 13.0 Å². The lowest BCUT2D eigenvalue weighted by Crippen LogP contribution is -2.28. The molecule has 0 aliphatic heterocycles. The van der Waals surface area contributed by atoms with Crippen molar-refractivity contribution in [1.82, 2.24) is 5.32 Å². The summed E-state index contributed by atoms with van der Waals surface area (Å²) in [6.45, 7) is 2.53. The van der Waals surface area contributed by atoms with E-state index in [9.17, 15) is 9.90 Å². The Morgan fingerprint density at radius 2 is 2.24 bits per heavy atom. The van der Waals surface area contributed by atoms with Crippen LogP contribution in [0.1, 0.15) is 23.7 Å². The third kappa shape index (κ3) is 4.36. The van der Waals surface area contributed by atoms with Gasteiger partial charge in [-0.2, -0.15) is 0 Å². The maximum absolute atomic E-state index is 11.8. The van der Waals surface area contributed by atoms with E-state index < -0.39 is 0 Å². The molecule has 1 aromatic rings. The van der Waals surface area contributed by atoms with Crippen molar-refractivity contribution in [2.45, 2.75) is 13.3 Å². The van der Waals surface area contributed by atoms with Gasteiger partial charge in [0.15, 0.2) is 0 Å². The third-order valence-electron chi connectivity index (χ3n) is 2.44. The van der Waals surface area contributed by atoms with Crippen LogP contribution < -0.4 is 5.32 Å². The number of amides is 1. The van der Waals surface area contributed by atoms with Crippen LogP contribution in [0.3, 0.4) is 0 Å². The summed E-state index contributed by atoms with van der Waals surface area (Å²) in [5, 5.41) is 21.0. The van der Waals surface area contributed by atoms with Crippen LogP contribution in [0.2, 0.25) is 0 Å². The van der Waals surface area contributed by atoms with Gasteiger partial charge in [-0.3, -0.25) is 4.79 Å². The maximum Gasteiger partial charge on any atom is 0.255 e. The number of rotatable bonds is 5. The molecule has 1 rings (SSSR count). The van der Waals surface area contributed by atoms with E-state index in [1.807, 2.05) is 6.92 Å². The van der Waals surface area contributed by atoms with Gasteiger partial charge in [0.25, 0.3) is 5.91 Å². The van der Waals surface area contributed by atoms with E-state index in [1.165, 1.54) is 6.07 Å². The number of nitrogens with one attached hydrogen (secondary N) is 1. The number of aliphatic hydroxyl groups is 1. The smallest absolute Gasteiger partial charge is 0.255 e. The summed E-state index contributed by atoms with van der Waals surface area (Å²) in [4.78, 5) is 11.8. The van der Waals surface area contributed by atoms with E-state index >= 15 is 0 Å². The van der Waals surface area contributed by atoms with E-state index in [2.05, 4.69) is 21.2 Å². The number of halogens is 1. The van der Waals surface area contributed by atoms with Crippen LogP contribution in [-0.2, 0) is 0 Å². The summed E-state index contributed by atoms with van der Waals surface area (Å²) in [5.74, 6) is -0.146. The zero-order valence-electron chi connectivity index (χ0n) is 9.61. The second-order valence-corrected chi connectivity index (χ2v) is 4.90. The molecular formula is C12H16BrNO3. The molecular weight excluding hydrogens is 286 g/mol. The highest BCUT2D eigenvalue weighted by atomic mass is 79.9. The van der Waals surface area contributed by atoms with Gasteiger partial charge in [0.05, 0.1) is 5.56 Å². The first-order valence-corrected chi connectivity index (χ1v) is 6.21. The molecule has 0 aliphatic rings. The van der Waals surface area contributed by atoms with E-state index in [0.717, 1.165) is 4.47 Å². The molecule has 1 atom stereocenters. The van der Waals surface area contributed by atoms with Crippen molar-refractivity contribution < 1.29 is 15.0 Å². The Kier molecular flexibility index (Phi) is 5.44. The Morgan fingerprint density at radius 1 is 1.53 bits per heavy atom. The van der Waals surface area contributed by atoms with Crippen LogP contribution >= 0.6 is 15.9 Å². The summed E-state index contributed by atoms with van der Waals surface area (Å²) in [7, 11) is 0. The van der Waals surface area contributed by atoms with Crippen LogP contribution in [0.5, 0.6) is 5.75 Å². The number of hydrogen-bond donors (Lipinski definition) is 3. The number of carbonyl (C=O) groups excluding carboxylic acids is 1. The monoisotopic (exact) mass is 301 g/mol. The van der Waals surface area contributed by atoms with Crippen molar-refractivity contribution in [3.05, 3.63) is 28.2 Å². The number of phenolic OH excluding ortho intramolecular Hbond substituents is 1. The standard InChI is InChI=1S/C12H16BrNO3/c1-8(4-5-15)7-14-12(17)10-6-9(13)2-3-11(10)16/h2-3,6,8,15-16H,4-5,7H2,1H3,(H,14,17). The zero-order chi connectivity index (χ0) is 12.8. The van der Waals surface area contributed by atoms with Crippen molar-refractivity contribution in [1.29, 1.82) is 0 Å². The van der Waals surface area contributed by atoms with Gasteiger partial charge in [-0.05, 0) is 30.5 Å². The molecule has 1 unspecified atom stereocenters. The lowest BCUT2D eigenvalue weighted by Gasteiger charge is -2.11. The third-order valence-corrected chi connectivity index (χ3v) is 2.93. The Labute approximate surface area is 109 Å². The van der Waals surface area contributed by atoms with Gasteiger partial charge in [-0.1, -0.05) is 22.9 Å². The molecule has 94 valence electrons. The number of carbonyl (C=O) groups is 1. The van der Waals surface area contributed by atoms with Gasteiger partial charge in [0, 0.05) is 17.6 Å². The first kappa shape index (κ1) is 14.0. The van der Waals surface area contributed by atoms with E-state index in [4.69, 9.17) is 5.11 Å². The summed E-state index contributed by atoms with van der Waals surface area (Å²) in [6.07, 6.45) is 0.644. The Balaban J connectivity index is 2.61. The molecule has 0 aromatic heterocycles. The SMILES string of the molecule is CC(CCO)CNC(=O)c1cc(Br)ccc1O. The van der Waals surface area contributed by atoms with Gasteiger partial charge < -0.3 is 15.5 Å². The van der Waals surface area contributed by atoms with Crippen molar-refractivity contribution in [2.24, 2.45) is 5.92 Å². The minimum atomic E-state index is -0.311. The molecule has 17 heavy (non-hydrogen) atoms. The van der Waals surface area contributed by atoms with Gasteiger partial charge in [0.1, 0.15) is 5.75 Å². The molecule has 0 radical (unpaired) electrons. The minimum Gasteiger partial charge on any atom is -0.507 e. The molecule has 0 spiro atoms. The molecule has 0 fully saturated rings. The molecule has 1 aromatic carbocycles. The van der Waals surface area contributed by atoms with Crippen molar-refractivity contribution in [3.8, 4) is 5.75 Å². The molecule has 4 nitrogen and oxygen atoms in total. The predicted molar refractivity (Wildman–Crippen MR) is 69.0 cm³/mol. The number of benzene rings is 1. The molecule has 1 amide bonds. The largest absolute Gasteiger partial charge is 0.507 e. The van der Waals surface area contributed by atoms with Gasteiger partial charge in [-0.15, -0.1) is 0 Å². The second kappa shape index (κ2) is 6.61. The van der Waals surface area contributed by atoms with E-state index in [-0.39, 0.29) is 29.7 Å². The Hall–Kier alpha value is -1.07. The fourth-order valence-corrected chi connectivity index (χ4v) is 1.74. The molecule has 0 saturated heterocycles. The quantitative estimate of drug-likeness (QED) is 0.778. The number of aromatic hydroxyl groups is 1. The first-order chi connectivity index (χ1) is 8.04. The van der Waals surface area contributed by atoms with Crippen LogP contribution in [0.15, 0.2) is 22.7 Å². The van der Waals surface area contributed by atoms with Gasteiger partial charge in [-0.25, -0.2) is 0 Å².